The van der Waals surface area contributed by atoms with Gasteiger partial charge >= 0.3 is 12.1 Å². The molecule has 0 radical (unpaired) electrons. The van der Waals surface area contributed by atoms with Crippen molar-refractivity contribution in [3.8, 4) is 0 Å². The van der Waals surface area contributed by atoms with E-state index in [9.17, 15) is 18.0 Å². The summed E-state index contributed by atoms with van der Waals surface area (Å²) in [6.07, 6.45) is -2.88. The number of hydrogen-bond acceptors (Lipinski definition) is 3. The molecule has 1 heterocycles. The first-order valence-electron chi connectivity index (χ1n) is 6.12. The number of aromatic nitrogens is 3. The first-order valence-corrected chi connectivity index (χ1v) is 6.12. The lowest BCUT2D eigenvalue weighted by molar-refractivity contribution is -0.138. The molecule has 8 heteroatoms. The Morgan fingerprint density at radius 1 is 1.29 bits per heavy atom. The molecule has 0 unspecified atom stereocenters. The van der Waals surface area contributed by atoms with Crippen molar-refractivity contribution in [1.82, 2.24) is 15.0 Å². The van der Waals surface area contributed by atoms with Crippen molar-refractivity contribution in [2.24, 2.45) is 0 Å². The van der Waals surface area contributed by atoms with Crippen molar-refractivity contribution in [2.75, 3.05) is 0 Å². The van der Waals surface area contributed by atoms with Crippen LogP contribution in [0.1, 0.15) is 23.2 Å². The van der Waals surface area contributed by atoms with Gasteiger partial charge in [-0.05, 0) is 11.6 Å². The lowest BCUT2D eigenvalue weighted by atomic mass is 10.1. The average molecular weight is 299 g/mol. The van der Waals surface area contributed by atoms with Gasteiger partial charge in [-0.1, -0.05) is 23.4 Å². The maximum Gasteiger partial charge on any atom is 0.416 e. The van der Waals surface area contributed by atoms with Crippen LogP contribution in [-0.4, -0.2) is 26.1 Å². The van der Waals surface area contributed by atoms with Crippen LogP contribution in [-0.2, 0) is 23.9 Å². The van der Waals surface area contributed by atoms with Crippen LogP contribution in [0.2, 0.25) is 0 Å². The number of carboxylic acid groups (broad SMARTS) is 1. The van der Waals surface area contributed by atoms with E-state index >= 15 is 0 Å². The third kappa shape index (κ3) is 4.04. The molecule has 0 saturated carbocycles. The molecule has 0 fully saturated rings. The normalized spacial score (nSPS) is 11.6. The predicted molar refractivity (Wildman–Crippen MR) is 66.5 cm³/mol. The number of hydrogen-bond donors (Lipinski definition) is 1. The fourth-order valence-corrected chi connectivity index (χ4v) is 1.87. The van der Waals surface area contributed by atoms with Gasteiger partial charge in [-0.15, -0.1) is 5.10 Å². The second-order valence-corrected chi connectivity index (χ2v) is 4.46. The molecule has 1 aromatic carbocycles. The maximum atomic E-state index is 12.9. The van der Waals surface area contributed by atoms with Gasteiger partial charge in [0, 0.05) is 12.6 Å². The Balaban J connectivity index is 2.14. The molecule has 0 aliphatic heterocycles. The molecule has 0 aliphatic rings. The molecule has 1 N–H and O–H groups in total. The van der Waals surface area contributed by atoms with Gasteiger partial charge in [0.05, 0.1) is 24.2 Å². The zero-order chi connectivity index (χ0) is 15.5. The van der Waals surface area contributed by atoms with Crippen LogP contribution in [0.15, 0.2) is 30.5 Å². The van der Waals surface area contributed by atoms with E-state index in [1.165, 1.54) is 29.1 Å². The van der Waals surface area contributed by atoms with E-state index in [0.717, 1.165) is 6.07 Å². The number of nitrogens with zero attached hydrogens (tertiary/aromatic N) is 3. The fraction of sp³-hybridized carbons (Fsp3) is 0.308. The molecule has 0 atom stereocenters. The van der Waals surface area contributed by atoms with Crippen LogP contribution in [0.4, 0.5) is 13.2 Å². The Morgan fingerprint density at radius 3 is 2.67 bits per heavy atom. The molecule has 2 rings (SSSR count). The molecule has 0 amide bonds. The third-order valence-corrected chi connectivity index (χ3v) is 2.84. The summed E-state index contributed by atoms with van der Waals surface area (Å²) in [5.74, 6) is -0.966. The van der Waals surface area contributed by atoms with Crippen LogP contribution >= 0.6 is 0 Å². The first-order chi connectivity index (χ1) is 9.86. The predicted octanol–water partition coefficient (Wildman–Crippen LogP) is 2.36. The summed E-state index contributed by atoms with van der Waals surface area (Å²) >= 11 is 0. The number of aryl methyl sites for hydroxylation is 1. The number of halogens is 3. The number of aliphatic carboxylic acids is 1. The van der Waals surface area contributed by atoms with E-state index in [4.69, 9.17) is 5.11 Å². The quantitative estimate of drug-likeness (QED) is 0.920. The molecular formula is C13H12F3N3O2. The zero-order valence-corrected chi connectivity index (χ0v) is 10.8. The van der Waals surface area contributed by atoms with Crippen LogP contribution in [0.5, 0.6) is 0 Å². The second-order valence-electron chi connectivity index (χ2n) is 4.46. The van der Waals surface area contributed by atoms with Gasteiger partial charge in [0.15, 0.2) is 0 Å². The number of benzene rings is 1. The highest BCUT2D eigenvalue weighted by Gasteiger charge is 2.32. The van der Waals surface area contributed by atoms with Crippen molar-refractivity contribution in [2.45, 2.75) is 25.6 Å². The van der Waals surface area contributed by atoms with E-state index in [2.05, 4.69) is 10.3 Å². The SMILES string of the molecule is O=C(O)CCc1cn(Cc2ccccc2C(F)(F)F)nn1. The van der Waals surface area contributed by atoms with Crippen molar-refractivity contribution in [1.29, 1.82) is 0 Å². The molecule has 2 aromatic rings. The standard InChI is InChI=1S/C13H12F3N3O2/c14-13(15,16)11-4-2-1-3-9(11)7-19-8-10(17-18-19)5-6-12(20)21/h1-4,8H,5-7H2,(H,20,21). The summed E-state index contributed by atoms with van der Waals surface area (Å²) in [5.41, 5.74) is -0.200. The summed E-state index contributed by atoms with van der Waals surface area (Å²) in [6, 6.07) is 5.23. The molecule has 1 aromatic heterocycles. The Morgan fingerprint density at radius 2 is 2.00 bits per heavy atom. The largest absolute Gasteiger partial charge is 0.481 e. The molecule has 112 valence electrons. The molecule has 5 nitrogen and oxygen atoms in total. The molecule has 21 heavy (non-hydrogen) atoms. The lowest BCUT2D eigenvalue weighted by Crippen LogP contribution is -2.11. The minimum absolute atomic E-state index is 0.0737. The summed E-state index contributed by atoms with van der Waals surface area (Å²) in [7, 11) is 0. The maximum absolute atomic E-state index is 12.9. The molecule has 0 spiro atoms. The minimum Gasteiger partial charge on any atom is -0.481 e. The highest BCUT2D eigenvalue weighted by molar-refractivity contribution is 5.66. The van der Waals surface area contributed by atoms with E-state index in [0.29, 0.717) is 5.69 Å². The number of carboxylic acids is 1. The lowest BCUT2D eigenvalue weighted by Gasteiger charge is -2.12. The van der Waals surface area contributed by atoms with Crippen molar-refractivity contribution < 1.29 is 23.1 Å². The van der Waals surface area contributed by atoms with Crippen molar-refractivity contribution in [3.05, 3.63) is 47.3 Å². The Kier molecular flexibility index (Phi) is 4.25. The fourth-order valence-electron chi connectivity index (χ4n) is 1.87. The second kappa shape index (κ2) is 5.94. The molecule has 0 bridgehead atoms. The Bertz CT molecular complexity index is 638. The van der Waals surface area contributed by atoms with E-state index in [1.54, 1.807) is 0 Å². The Hall–Kier alpha value is -2.38. The van der Waals surface area contributed by atoms with E-state index in [1.807, 2.05) is 0 Å². The van der Waals surface area contributed by atoms with Gasteiger partial charge in [0.2, 0.25) is 0 Å². The summed E-state index contributed by atoms with van der Waals surface area (Å²) in [4.78, 5) is 10.4. The van der Waals surface area contributed by atoms with Gasteiger partial charge in [-0.25, -0.2) is 4.68 Å². The van der Waals surface area contributed by atoms with Gasteiger partial charge < -0.3 is 5.11 Å². The topological polar surface area (TPSA) is 68.0 Å². The van der Waals surface area contributed by atoms with Gasteiger partial charge in [-0.3, -0.25) is 4.79 Å². The summed E-state index contributed by atoms with van der Waals surface area (Å²) in [5, 5.41) is 16.0. The molecular weight excluding hydrogens is 287 g/mol. The summed E-state index contributed by atoms with van der Waals surface area (Å²) < 4.78 is 39.8. The van der Waals surface area contributed by atoms with Crippen LogP contribution in [0.3, 0.4) is 0 Å². The third-order valence-electron chi connectivity index (χ3n) is 2.84. The van der Waals surface area contributed by atoms with E-state index in [-0.39, 0.29) is 24.9 Å². The Labute approximate surface area is 118 Å². The average Bonchev–Trinajstić information content (AvgIpc) is 2.83. The monoisotopic (exact) mass is 299 g/mol. The number of alkyl halides is 3. The van der Waals surface area contributed by atoms with Gasteiger partial charge in [0.1, 0.15) is 0 Å². The summed E-state index contributed by atoms with van der Waals surface area (Å²) in [6.45, 7) is -0.0737. The van der Waals surface area contributed by atoms with Gasteiger partial charge in [-0.2, -0.15) is 13.2 Å². The highest BCUT2D eigenvalue weighted by atomic mass is 19.4. The molecule has 0 aliphatic carbocycles. The minimum atomic E-state index is -4.43. The van der Waals surface area contributed by atoms with E-state index < -0.39 is 17.7 Å². The van der Waals surface area contributed by atoms with Crippen molar-refractivity contribution in [3.63, 3.8) is 0 Å². The molecule has 0 saturated heterocycles. The van der Waals surface area contributed by atoms with Crippen molar-refractivity contribution >= 4 is 5.97 Å². The van der Waals surface area contributed by atoms with Crippen LogP contribution in [0, 0.1) is 0 Å². The van der Waals surface area contributed by atoms with Crippen LogP contribution < -0.4 is 0 Å². The highest BCUT2D eigenvalue weighted by Crippen LogP contribution is 2.32. The number of carbonyl (C=O) groups is 1. The van der Waals surface area contributed by atoms with Crippen LogP contribution in [0.25, 0.3) is 0 Å². The zero-order valence-electron chi connectivity index (χ0n) is 10.8. The smallest absolute Gasteiger partial charge is 0.416 e. The first kappa shape index (κ1) is 15.0. The van der Waals surface area contributed by atoms with Gasteiger partial charge in [0.25, 0.3) is 0 Å². The number of rotatable bonds is 5.